The summed E-state index contributed by atoms with van der Waals surface area (Å²) in [5.74, 6) is -2.44. The van der Waals surface area contributed by atoms with Crippen molar-refractivity contribution in [2.75, 3.05) is 85.1 Å². The van der Waals surface area contributed by atoms with Crippen LogP contribution in [0.5, 0.6) is 0 Å². The third kappa shape index (κ3) is 19.3. The van der Waals surface area contributed by atoms with Crippen molar-refractivity contribution >= 4 is 41.4 Å². The Morgan fingerprint density at radius 2 is 0.729 bits per heavy atom. The standard InChI is InChI=1S/C33H50N8O7/c1-7-27(42)34-14-19-38(23-24-39(31(46)10-4)20-15-35-28(43)8-2)18-13-30(45)37-17-22-41(33(48)12-6)26-25-40(32(47)11-5)21-16-36-29(44)9-3/h7-12H,1-6,13-26H2,(H,34,42)(H,35,43)(H,36,44)(H,37,45). The third-order valence-electron chi connectivity index (χ3n) is 6.79. The first-order valence-electron chi connectivity index (χ1n) is 15.4. The van der Waals surface area contributed by atoms with E-state index in [0.717, 1.165) is 30.4 Å². The maximum atomic E-state index is 12.7. The molecular weight excluding hydrogens is 620 g/mol. The minimum atomic E-state index is -0.384. The van der Waals surface area contributed by atoms with Crippen molar-refractivity contribution in [2.24, 2.45) is 0 Å². The maximum absolute atomic E-state index is 12.7. The van der Waals surface area contributed by atoms with Gasteiger partial charge in [0.2, 0.25) is 41.4 Å². The van der Waals surface area contributed by atoms with E-state index in [9.17, 15) is 33.6 Å². The Labute approximate surface area is 283 Å². The van der Waals surface area contributed by atoms with Gasteiger partial charge in [-0.25, -0.2) is 0 Å². The van der Waals surface area contributed by atoms with Crippen LogP contribution in [-0.2, 0) is 33.6 Å². The number of nitrogens with zero attached hydrogens (tertiary/aromatic N) is 4. The topological polar surface area (TPSA) is 181 Å². The van der Waals surface area contributed by atoms with Gasteiger partial charge < -0.3 is 36.0 Å². The number of carbonyl (C=O) groups excluding carboxylic acids is 7. The minimum Gasteiger partial charge on any atom is -0.354 e. The fourth-order valence-corrected chi connectivity index (χ4v) is 4.08. The second kappa shape index (κ2) is 25.8. The third-order valence-corrected chi connectivity index (χ3v) is 6.79. The SMILES string of the molecule is C=CC(=O)NCCN(CCC(=O)NCCN(CCN(CCNC(=O)C=C)C(=O)C=C)C(=O)C=C)CCN(CCNC(=O)C=C)C(=O)C=C. The molecule has 0 aromatic heterocycles. The monoisotopic (exact) mass is 670 g/mol. The van der Waals surface area contributed by atoms with Gasteiger partial charge in [-0.05, 0) is 36.5 Å². The first-order chi connectivity index (χ1) is 22.9. The summed E-state index contributed by atoms with van der Waals surface area (Å²) in [5, 5.41) is 10.7. The van der Waals surface area contributed by atoms with Crippen LogP contribution in [0, 0.1) is 0 Å². The van der Waals surface area contributed by atoms with Gasteiger partial charge in [-0.15, -0.1) is 0 Å². The highest BCUT2D eigenvalue weighted by atomic mass is 16.2. The molecule has 0 fully saturated rings. The molecule has 0 aliphatic heterocycles. The molecule has 0 bridgehead atoms. The lowest BCUT2D eigenvalue weighted by Crippen LogP contribution is -2.45. The molecule has 0 unspecified atom stereocenters. The van der Waals surface area contributed by atoms with Gasteiger partial charge in [0.15, 0.2) is 0 Å². The Bertz CT molecular complexity index is 1190. The second-order valence-corrected chi connectivity index (χ2v) is 10.0. The van der Waals surface area contributed by atoms with Crippen LogP contribution in [-0.4, -0.2) is 146 Å². The largest absolute Gasteiger partial charge is 0.354 e. The van der Waals surface area contributed by atoms with Gasteiger partial charge in [0, 0.05) is 91.5 Å². The van der Waals surface area contributed by atoms with Crippen LogP contribution in [0.15, 0.2) is 75.9 Å². The molecule has 0 saturated heterocycles. The molecule has 4 N–H and O–H groups in total. The van der Waals surface area contributed by atoms with E-state index in [2.05, 4.69) is 60.7 Å². The van der Waals surface area contributed by atoms with Gasteiger partial charge in [-0.3, -0.25) is 38.5 Å². The van der Waals surface area contributed by atoms with Crippen LogP contribution in [0.4, 0.5) is 0 Å². The Morgan fingerprint density at radius 1 is 0.396 bits per heavy atom. The van der Waals surface area contributed by atoms with E-state index in [1.165, 1.54) is 20.8 Å². The zero-order valence-corrected chi connectivity index (χ0v) is 27.8. The molecule has 0 spiro atoms. The molecular formula is C33H50N8O7. The van der Waals surface area contributed by atoms with Crippen LogP contribution in [0.2, 0.25) is 0 Å². The number of nitrogens with one attached hydrogen (secondary N) is 4. The van der Waals surface area contributed by atoms with E-state index in [0.29, 0.717) is 19.6 Å². The van der Waals surface area contributed by atoms with Gasteiger partial charge >= 0.3 is 0 Å². The Hall–Kier alpha value is -5.31. The number of hydrogen-bond donors (Lipinski definition) is 4. The van der Waals surface area contributed by atoms with Crippen LogP contribution in [0.3, 0.4) is 0 Å². The summed E-state index contributed by atoms with van der Waals surface area (Å²) in [4.78, 5) is 90.7. The van der Waals surface area contributed by atoms with E-state index in [4.69, 9.17) is 0 Å². The summed E-state index contributed by atoms with van der Waals surface area (Å²) < 4.78 is 0. The molecule has 0 heterocycles. The number of rotatable bonds is 27. The summed E-state index contributed by atoms with van der Waals surface area (Å²) in [6, 6.07) is 0. The van der Waals surface area contributed by atoms with E-state index < -0.39 is 0 Å². The average Bonchev–Trinajstić information content (AvgIpc) is 3.10. The average molecular weight is 671 g/mol. The zero-order chi connectivity index (χ0) is 36.3. The predicted molar refractivity (Wildman–Crippen MR) is 184 cm³/mol. The second-order valence-electron chi connectivity index (χ2n) is 10.0. The molecule has 15 nitrogen and oxygen atoms in total. The van der Waals surface area contributed by atoms with Gasteiger partial charge in [0.25, 0.3) is 0 Å². The zero-order valence-electron chi connectivity index (χ0n) is 27.8. The van der Waals surface area contributed by atoms with Gasteiger partial charge in [-0.1, -0.05) is 39.5 Å². The van der Waals surface area contributed by atoms with Crippen molar-refractivity contribution in [3.05, 3.63) is 75.9 Å². The number of hydrogen-bond acceptors (Lipinski definition) is 8. The molecule has 0 aromatic rings. The smallest absolute Gasteiger partial charge is 0.246 e. The van der Waals surface area contributed by atoms with Crippen molar-refractivity contribution in [2.45, 2.75) is 6.42 Å². The molecule has 0 aliphatic rings. The van der Waals surface area contributed by atoms with Crippen LogP contribution >= 0.6 is 0 Å². The van der Waals surface area contributed by atoms with Crippen molar-refractivity contribution in [3.63, 3.8) is 0 Å². The normalized spacial score (nSPS) is 10.0. The van der Waals surface area contributed by atoms with Gasteiger partial charge in [0.05, 0.1) is 0 Å². The molecule has 0 aliphatic carbocycles. The van der Waals surface area contributed by atoms with Crippen LogP contribution < -0.4 is 21.3 Å². The molecule has 264 valence electrons. The van der Waals surface area contributed by atoms with E-state index in [1.807, 2.05) is 4.90 Å². The summed E-state index contributed by atoms with van der Waals surface area (Å²) >= 11 is 0. The molecule has 15 heteroatoms. The molecule has 0 atom stereocenters. The van der Waals surface area contributed by atoms with Gasteiger partial charge in [-0.2, -0.15) is 0 Å². The predicted octanol–water partition coefficient (Wildman–Crippen LogP) is -1.25. The van der Waals surface area contributed by atoms with Crippen LogP contribution in [0.25, 0.3) is 0 Å². The highest BCUT2D eigenvalue weighted by molar-refractivity contribution is 5.89. The lowest BCUT2D eigenvalue weighted by Gasteiger charge is -2.28. The quantitative estimate of drug-likeness (QED) is 0.0783. The van der Waals surface area contributed by atoms with E-state index in [1.54, 1.807) is 0 Å². The minimum absolute atomic E-state index is 0.0909. The van der Waals surface area contributed by atoms with Gasteiger partial charge in [0.1, 0.15) is 0 Å². The van der Waals surface area contributed by atoms with E-state index in [-0.39, 0.29) is 113 Å². The molecule has 0 rings (SSSR count). The fourth-order valence-electron chi connectivity index (χ4n) is 4.08. The number of carbonyl (C=O) groups is 7. The first-order valence-corrected chi connectivity index (χ1v) is 15.4. The maximum Gasteiger partial charge on any atom is 0.246 e. The Balaban J connectivity index is 5.18. The highest BCUT2D eigenvalue weighted by Crippen LogP contribution is 1.99. The fraction of sp³-hybridized carbons (Fsp3) is 0.424. The lowest BCUT2D eigenvalue weighted by atomic mass is 10.3. The first kappa shape index (κ1) is 42.7. The molecule has 48 heavy (non-hydrogen) atoms. The van der Waals surface area contributed by atoms with Crippen molar-refractivity contribution in [1.29, 1.82) is 0 Å². The summed E-state index contributed by atoms with van der Waals surface area (Å²) in [5.41, 5.74) is 0. The van der Waals surface area contributed by atoms with Crippen molar-refractivity contribution in [3.8, 4) is 0 Å². The van der Waals surface area contributed by atoms with Crippen molar-refractivity contribution < 1.29 is 33.6 Å². The Morgan fingerprint density at radius 3 is 1.08 bits per heavy atom. The number of amides is 7. The highest BCUT2D eigenvalue weighted by Gasteiger charge is 2.17. The molecule has 0 saturated carbocycles. The van der Waals surface area contributed by atoms with Crippen molar-refractivity contribution in [1.82, 2.24) is 40.9 Å². The summed E-state index contributed by atoms with van der Waals surface area (Å²) in [6.07, 6.45) is 6.96. The van der Waals surface area contributed by atoms with E-state index >= 15 is 0 Å². The molecule has 0 radical (unpaired) electrons. The molecule has 0 aromatic carbocycles. The lowest BCUT2D eigenvalue weighted by molar-refractivity contribution is -0.130. The summed E-state index contributed by atoms with van der Waals surface area (Å²) in [6.45, 7) is 23.8. The summed E-state index contributed by atoms with van der Waals surface area (Å²) in [7, 11) is 0. The van der Waals surface area contributed by atoms with Crippen LogP contribution in [0.1, 0.15) is 6.42 Å². The Kier molecular flexibility index (Phi) is 23.0. The molecule has 7 amide bonds.